The summed E-state index contributed by atoms with van der Waals surface area (Å²) in [5.74, 6) is 0. The van der Waals surface area contributed by atoms with E-state index in [1.54, 1.807) is 12.4 Å². The molecule has 0 radical (unpaired) electrons. The number of hydrogen-bond donors (Lipinski definition) is 0. The third-order valence-corrected chi connectivity index (χ3v) is 2.98. The molecular formula is C14H13N3. The Morgan fingerprint density at radius 2 is 1.94 bits per heavy atom. The molecule has 84 valence electrons. The van der Waals surface area contributed by atoms with Gasteiger partial charge in [-0.15, -0.1) is 0 Å². The molecule has 17 heavy (non-hydrogen) atoms. The van der Waals surface area contributed by atoms with Crippen LogP contribution in [0.5, 0.6) is 0 Å². The Morgan fingerprint density at radius 1 is 1.12 bits per heavy atom. The van der Waals surface area contributed by atoms with Crippen molar-refractivity contribution in [2.75, 3.05) is 0 Å². The minimum atomic E-state index is 0.877. The van der Waals surface area contributed by atoms with E-state index >= 15 is 0 Å². The Kier molecular flexibility index (Phi) is 2.37. The zero-order valence-electron chi connectivity index (χ0n) is 9.67. The van der Waals surface area contributed by atoms with Crippen LogP contribution in [0.3, 0.4) is 0 Å². The zero-order valence-corrected chi connectivity index (χ0v) is 9.67. The van der Waals surface area contributed by atoms with E-state index in [1.165, 1.54) is 11.1 Å². The van der Waals surface area contributed by atoms with E-state index in [0.29, 0.717) is 0 Å². The first kappa shape index (κ1) is 10.0. The van der Waals surface area contributed by atoms with Gasteiger partial charge in [0.1, 0.15) is 0 Å². The molecule has 0 spiro atoms. The summed E-state index contributed by atoms with van der Waals surface area (Å²) in [6, 6.07) is 8.61. The van der Waals surface area contributed by atoms with Crippen LogP contribution in [-0.4, -0.2) is 14.4 Å². The summed E-state index contributed by atoms with van der Waals surface area (Å²) in [6.07, 6.45) is 8.43. The third-order valence-electron chi connectivity index (χ3n) is 2.98. The second-order valence-electron chi connectivity index (χ2n) is 4.00. The van der Waals surface area contributed by atoms with Gasteiger partial charge >= 0.3 is 0 Å². The molecule has 3 heteroatoms. The fourth-order valence-corrected chi connectivity index (χ4v) is 1.97. The number of benzene rings is 1. The van der Waals surface area contributed by atoms with Gasteiger partial charge in [0, 0.05) is 18.0 Å². The molecule has 0 fully saturated rings. The van der Waals surface area contributed by atoms with Crippen LogP contribution in [0, 0.1) is 0 Å². The Labute approximate surface area is 99.8 Å². The molecule has 0 bridgehead atoms. The smallest absolute Gasteiger partial charge is 0.155 e. The molecule has 0 unspecified atom stereocenters. The molecule has 3 rings (SSSR count). The monoisotopic (exact) mass is 223 g/mol. The second-order valence-corrected chi connectivity index (χ2v) is 4.00. The molecule has 0 atom stereocenters. The average Bonchev–Trinajstić information content (AvgIpc) is 2.83. The SMILES string of the molecule is CCc1ccc(-c2cnc3cnccn23)cc1. The minimum Gasteiger partial charge on any atom is -0.297 e. The quantitative estimate of drug-likeness (QED) is 0.668. The summed E-state index contributed by atoms with van der Waals surface area (Å²) in [5.41, 5.74) is 4.51. The van der Waals surface area contributed by atoms with E-state index in [1.807, 2.05) is 16.8 Å². The molecule has 0 N–H and O–H groups in total. The number of imidazole rings is 1. The highest BCUT2D eigenvalue weighted by atomic mass is 15.0. The van der Waals surface area contributed by atoms with Gasteiger partial charge in [-0.1, -0.05) is 31.2 Å². The fourth-order valence-electron chi connectivity index (χ4n) is 1.97. The maximum absolute atomic E-state index is 4.34. The van der Waals surface area contributed by atoms with Crippen LogP contribution in [0.2, 0.25) is 0 Å². The van der Waals surface area contributed by atoms with Crippen molar-refractivity contribution in [1.82, 2.24) is 14.4 Å². The largest absolute Gasteiger partial charge is 0.297 e. The van der Waals surface area contributed by atoms with E-state index < -0.39 is 0 Å². The fraction of sp³-hybridized carbons (Fsp3) is 0.143. The van der Waals surface area contributed by atoms with Gasteiger partial charge in [0.05, 0.1) is 18.1 Å². The lowest BCUT2D eigenvalue weighted by atomic mass is 10.1. The van der Waals surface area contributed by atoms with Gasteiger partial charge in [0.25, 0.3) is 0 Å². The predicted octanol–water partition coefficient (Wildman–Crippen LogP) is 2.96. The summed E-state index contributed by atoms with van der Waals surface area (Å²) >= 11 is 0. The van der Waals surface area contributed by atoms with Crippen LogP contribution >= 0.6 is 0 Å². The number of fused-ring (bicyclic) bond motifs is 1. The number of nitrogens with zero attached hydrogens (tertiary/aromatic N) is 3. The summed E-state index contributed by atoms with van der Waals surface area (Å²) in [7, 11) is 0. The molecule has 0 amide bonds. The van der Waals surface area contributed by atoms with Crippen LogP contribution in [0.4, 0.5) is 0 Å². The molecule has 3 nitrogen and oxygen atoms in total. The van der Waals surface area contributed by atoms with Crippen molar-refractivity contribution in [3.63, 3.8) is 0 Å². The average molecular weight is 223 g/mol. The summed E-state index contributed by atoms with van der Waals surface area (Å²) < 4.78 is 2.05. The molecule has 0 aliphatic rings. The first-order valence-corrected chi connectivity index (χ1v) is 5.75. The van der Waals surface area contributed by atoms with Crippen molar-refractivity contribution in [3.8, 4) is 11.3 Å². The van der Waals surface area contributed by atoms with Crippen LogP contribution in [0.1, 0.15) is 12.5 Å². The molecule has 0 aliphatic carbocycles. The zero-order chi connectivity index (χ0) is 11.7. The van der Waals surface area contributed by atoms with Crippen molar-refractivity contribution in [1.29, 1.82) is 0 Å². The Bertz CT molecular complexity index is 638. The predicted molar refractivity (Wildman–Crippen MR) is 67.8 cm³/mol. The maximum atomic E-state index is 4.34. The number of rotatable bonds is 2. The lowest BCUT2D eigenvalue weighted by Crippen LogP contribution is -1.88. The Morgan fingerprint density at radius 3 is 2.71 bits per heavy atom. The van der Waals surface area contributed by atoms with E-state index in [0.717, 1.165) is 17.8 Å². The summed E-state index contributed by atoms with van der Waals surface area (Å²) in [4.78, 5) is 8.40. The maximum Gasteiger partial charge on any atom is 0.155 e. The Balaban J connectivity index is 2.13. The molecule has 2 aromatic heterocycles. The topological polar surface area (TPSA) is 30.2 Å². The number of aromatic nitrogens is 3. The van der Waals surface area contributed by atoms with Gasteiger partial charge in [-0.25, -0.2) is 4.98 Å². The molecule has 1 aromatic carbocycles. The lowest BCUT2D eigenvalue weighted by Gasteiger charge is -2.02. The van der Waals surface area contributed by atoms with Gasteiger partial charge in [0.2, 0.25) is 0 Å². The van der Waals surface area contributed by atoms with Gasteiger partial charge < -0.3 is 0 Å². The van der Waals surface area contributed by atoms with E-state index in [4.69, 9.17) is 0 Å². The van der Waals surface area contributed by atoms with Gasteiger partial charge in [-0.05, 0) is 12.0 Å². The molecule has 3 aromatic rings. The lowest BCUT2D eigenvalue weighted by molar-refractivity contribution is 1.12. The summed E-state index contributed by atoms with van der Waals surface area (Å²) in [5, 5.41) is 0. The normalized spacial score (nSPS) is 10.9. The van der Waals surface area contributed by atoms with Crippen molar-refractivity contribution >= 4 is 5.65 Å². The molecular weight excluding hydrogens is 210 g/mol. The van der Waals surface area contributed by atoms with E-state index in [-0.39, 0.29) is 0 Å². The van der Waals surface area contributed by atoms with Gasteiger partial charge in [0.15, 0.2) is 5.65 Å². The van der Waals surface area contributed by atoms with Gasteiger partial charge in [-0.2, -0.15) is 0 Å². The van der Waals surface area contributed by atoms with Crippen molar-refractivity contribution in [2.24, 2.45) is 0 Å². The number of hydrogen-bond acceptors (Lipinski definition) is 2. The first-order valence-electron chi connectivity index (χ1n) is 5.75. The highest BCUT2D eigenvalue weighted by Crippen LogP contribution is 2.20. The number of aryl methyl sites for hydroxylation is 1. The van der Waals surface area contributed by atoms with Crippen LogP contribution in [0.15, 0.2) is 49.1 Å². The highest BCUT2D eigenvalue weighted by molar-refractivity contribution is 5.63. The van der Waals surface area contributed by atoms with E-state index in [9.17, 15) is 0 Å². The molecule has 0 saturated heterocycles. The summed E-state index contributed by atoms with van der Waals surface area (Å²) in [6.45, 7) is 2.16. The molecule has 0 aliphatic heterocycles. The third kappa shape index (κ3) is 1.69. The van der Waals surface area contributed by atoms with Crippen LogP contribution in [0.25, 0.3) is 16.9 Å². The van der Waals surface area contributed by atoms with Crippen LogP contribution in [-0.2, 0) is 6.42 Å². The standard InChI is InChI=1S/C14H13N3/c1-2-11-3-5-12(6-4-11)13-9-16-14-10-15-7-8-17(13)14/h3-10H,2H2,1H3. The Hall–Kier alpha value is -2.16. The first-order chi connectivity index (χ1) is 8.38. The highest BCUT2D eigenvalue weighted by Gasteiger charge is 2.04. The molecule has 2 heterocycles. The molecule has 0 saturated carbocycles. The van der Waals surface area contributed by atoms with Crippen molar-refractivity contribution < 1.29 is 0 Å². The second kappa shape index (κ2) is 4.01. The van der Waals surface area contributed by atoms with E-state index in [2.05, 4.69) is 41.2 Å². The van der Waals surface area contributed by atoms with Crippen LogP contribution < -0.4 is 0 Å². The minimum absolute atomic E-state index is 0.877. The van der Waals surface area contributed by atoms with Crippen molar-refractivity contribution in [3.05, 3.63) is 54.6 Å². The van der Waals surface area contributed by atoms with Crippen molar-refractivity contribution in [2.45, 2.75) is 13.3 Å². The van der Waals surface area contributed by atoms with Gasteiger partial charge in [-0.3, -0.25) is 9.38 Å².